The maximum atomic E-state index is 9.92. The number of β-amino-alcohol motifs (C(OH)–C–C–N with tert-alkyl or cyclic N) is 1. The van der Waals surface area contributed by atoms with Gasteiger partial charge in [-0.3, -0.25) is 4.98 Å². The van der Waals surface area contributed by atoms with Gasteiger partial charge in [0.2, 0.25) is 0 Å². The van der Waals surface area contributed by atoms with E-state index in [0.717, 1.165) is 29.8 Å². The monoisotopic (exact) mass is 441 g/mol. The lowest BCUT2D eigenvalue weighted by molar-refractivity contribution is 0.163. The Balaban J connectivity index is 0.000000557. The molecule has 0 saturated carbocycles. The molecule has 0 saturated heterocycles. The summed E-state index contributed by atoms with van der Waals surface area (Å²) in [5.74, 6) is 0. The van der Waals surface area contributed by atoms with Gasteiger partial charge in [-0.05, 0) is 96.8 Å². The number of pyridine rings is 2. The lowest BCUT2D eigenvalue weighted by Crippen LogP contribution is -2.38. The maximum Gasteiger partial charge on any atom is 0.140 e. The average molecular weight is 442 g/mol. The molecule has 0 radical (unpaired) electrons. The number of nitrogens with zero attached hydrogens (tertiary/aromatic N) is 3. The molecule has 2 aromatic rings. The van der Waals surface area contributed by atoms with Crippen LogP contribution in [0.15, 0.2) is 36.7 Å². The number of rotatable bonds is 6. The van der Waals surface area contributed by atoms with E-state index in [1.165, 1.54) is 0 Å². The number of aryl methyl sites for hydroxylation is 1. The van der Waals surface area contributed by atoms with E-state index >= 15 is 0 Å². The SMILES string of the molecule is CC.CC(C)(C)NCCc1ccnc(C#N)c1.Cc1cc(C(O)CNC(C)(C)C)ccn1. The van der Waals surface area contributed by atoms with Crippen molar-refractivity contribution in [2.24, 2.45) is 0 Å². The molecule has 0 bridgehead atoms. The summed E-state index contributed by atoms with van der Waals surface area (Å²) in [4.78, 5) is 8.03. The van der Waals surface area contributed by atoms with Crippen molar-refractivity contribution in [2.75, 3.05) is 13.1 Å². The summed E-state index contributed by atoms with van der Waals surface area (Å²) in [5, 5.41) is 25.3. The Bertz CT molecular complexity index is 816. The van der Waals surface area contributed by atoms with Gasteiger partial charge in [0.15, 0.2) is 0 Å². The highest BCUT2D eigenvalue weighted by molar-refractivity contribution is 5.25. The van der Waals surface area contributed by atoms with Gasteiger partial charge in [-0.25, -0.2) is 4.98 Å². The largest absolute Gasteiger partial charge is 0.387 e. The van der Waals surface area contributed by atoms with Crippen molar-refractivity contribution in [2.45, 2.75) is 85.9 Å². The maximum absolute atomic E-state index is 9.92. The lowest BCUT2D eigenvalue weighted by Gasteiger charge is -2.23. The van der Waals surface area contributed by atoms with Crippen molar-refractivity contribution in [3.05, 3.63) is 59.2 Å². The van der Waals surface area contributed by atoms with Crippen LogP contribution in [0.3, 0.4) is 0 Å². The minimum atomic E-state index is -0.467. The minimum Gasteiger partial charge on any atom is -0.387 e. The molecule has 1 unspecified atom stereocenters. The van der Waals surface area contributed by atoms with Gasteiger partial charge < -0.3 is 15.7 Å². The van der Waals surface area contributed by atoms with Crippen molar-refractivity contribution in [1.29, 1.82) is 5.26 Å². The molecule has 6 nitrogen and oxygen atoms in total. The van der Waals surface area contributed by atoms with Crippen LogP contribution in [0.2, 0.25) is 0 Å². The molecular weight excluding hydrogens is 398 g/mol. The van der Waals surface area contributed by atoms with E-state index in [9.17, 15) is 5.11 Å². The van der Waals surface area contributed by atoms with Crippen LogP contribution in [-0.2, 0) is 6.42 Å². The van der Waals surface area contributed by atoms with Gasteiger partial charge in [-0.2, -0.15) is 5.26 Å². The second-order valence-corrected chi connectivity index (χ2v) is 9.47. The predicted octanol–water partition coefficient (Wildman–Crippen LogP) is 4.72. The fraction of sp³-hybridized carbons (Fsp3) is 0.577. The van der Waals surface area contributed by atoms with Crippen molar-refractivity contribution >= 4 is 0 Å². The molecule has 0 aliphatic carbocycles. The van der Waals surface area contributed by atoms with Crippen LogP contribution < -0.4 is 10.6 Å². The number of aromatic nitrogens is 2. The number of aliphatic hydroxyl groups is 1. The van der Waals surface area contributed by atoms with E-state index in [1.807, 2.05) is 51.1 Å². The number of hydrogen-bond acceptors (Lipinski definition) is 6. The molecule has 0 aromatic carbocycles. The molecular formula is C26H43N5O. The van der Waals surface area contributed by atoms with Crippen LogP contribution in [0.4, 0.5) is 0 Å². The zero-order valence-electron chi connectivity index (χ0n) is 21.5. The molecule has 2 heterocycles. The Morgan fingerprint density at radius 1 is 0.969 bits per heavy atom. The normalized spacial score (nSPS) is 11.9. The van der Waals surface area contributed by atoms with E-state index in [4.69, 9.17) is 5.26 Å². The Morgan fingerprint density at radius 2 is 1.56 bits per heavy atom. The zero-order chi connectivity index (χ0) is 24.8. The van der Waals surface area contributed by atoms with Crippen molar-refractivity contribution in [1.82, 2.24) is 20.6 Å². The molecule has 178 valence electrons. The highest BCUT2D eigenvalue weighted by Crippen LogP contribution is 2.13. The number of aliphatic hydroxyl groups excluding tert-OH is 1. The quantitative estimate of drug-likeness (QED) is 0.600. The van der Waals surface area contributed by atoms with Crippen LogP contribution in [0, 0.1) is 18.3 Å². The van der Waals surface area contributed by atoms with E-state index in [0.29, 0.717) is 12.2 Å². The minimum absolute atomic E-state index is 0.0308. The standard InChI is InChI=1S/C12H17N3.C12H20N2O.C2H6/c1-12(2,3)15-7-5-10-4-6-14-11(8-10)9-13;1-9-7-10(5-6-13-9)11(15)8-14-12(2,3)4;1-2/h4,6,8,15H,5,7H2,1-3H3;5-7,11,14-15H,8H2,1-4H3;1-2H3. The van der Waals surface area contributed by atoms with Crippen molar-refractivity contribution in [3.8, 4) is 6.07 Å². The summed E-state index contributed by atoms with van der Waals surface area (Å²) in [6.07, 6.45) is 3.87. The van der Waals surface area contributed by atoms with Crippen LogP contribution in [-0.4, -0.2) is 39.2 Å². The molecule has 1 atom stereocenters. The lowest BCUT2D eigenvalue weighted by atomic mass is 10.1. The van der Waals surface area contributed by atoms with Gasteiger partial charge in [0.05, 0.1) is 6.10 Å². The topological polar surface area (TPSA) is 93.9 Å². The third-order valence-electron chi connectivity index (χ3n) is 4.14. The van der Waals surface area contributed by atoms with Crippen molar-refractivity contribution < 1.29 is 5.11 Å². The number of nitriles is 1. The Hall–Kier alpha value is -2.33. The first-order valence-electron chi connectivity index (χ1n) is 11.4. The fourth-order valence-corrected chi connectivity index (χ4v) is 2.57. The fourth-order valence-electron chi connectivity index (χ4n) is 2.57. The van der Waals surface area contributed by atoms with Gasteiger partial charge in [-0.1, -0.05) is 13.8 Å². The summed E-state index contributed by atoms with van der Waals surface area (Å²) < 4.78 is 0. The van der Waals surface area contributed by atoms with Gasteiger partial charge in [0.25, 0.3) is 0 Å². The average Bonchev–Trinajstić information content (AvgIpc) is 2.72. The van der Waals surface area contributed by atoms with Crippen LogP contribution in [0.25, 0.3) is 0 Å². The summed E-state index contributed by atoms with van der Waals surface area (Å²) in [6.45, 7) is 20.1. The third kappa shape index (κ3) is 14.6. The molecule has 0 spiro atoms. The molecule has 0 fully saturated rings. The summed E-state index contributed by atoms with van der Waals surface area (Å²) in [5.41, 5.74) is 3.66. The first-order valence-corrected chi connectivity index (χ1v) is 11.4. The zero-order valence-corrected chi connectivity index (χ0v) is 21.5. The molecule has 32 heavy (non-hydrogen) atoms. The van der Waals surface area contributed by atoms with E-state index < -0.39 is 6.10 Å². The summed E-state index contributed by atoms with van der Waals surface area (Å²) in [6, 6.07) is 9.59. The summed E-state index contributed by atoms with van der Waals surface area (Å²) in [7, 11) is 0. The summed E-state index contributed by atoms with van der Waals surface area (Å²) >= 11 is 0. The first kappa shape index (κ1) is 29.7. The molecule has 2 rings (SSSR count). The molecule has 0 amide bonds. The van der Waals surface area contributed by atoms with Gasteiger partial charge in [0.1, 0.15) is 11.8 Å². The van der Waals surface area contributed by atoms with E-state index in [-0.39, 0.29) is 11.1 Å². The van der Waals surface area contributed by atoms with E-state index in [2.05, 4.69) is 62.1 Å². The van der Waals surface area contributed by atoms with E-state index in [1.54, 1.807) is 12.4 Å². The number of hydrogen-bond donors (Lipinski definition) is 3. The van der Waals surface area contributed by atoms with Gasteiger partial charge in [0, 0.05) is 35.7 Å². The van der Waals surface area contributed by atoms with Gasteiger partial charge >= 0.3 is 0 Å². The van der Waals surface area contributed by atoms with Crippen LogP contribution in [0.1, 0.15) is 84.0 Å². The third-order valence-corrected chi connectivity index (χ3v) is 4.14. The van der Waals surface area contributed by atoms with Crippen LogP contribution in [0.5, 0.6) is 0 Å². The Morgan fingerprint density at radius 3 is 2.09 bits per heavy atom. The first-order chi connectivity index (χ1) is 14.9. The second kappa shape index (κ2) is 14.7. The van der Waals surface area contributed by atoms with Crippen molar-refractivity contribution in [3.63, 3.8) is 0 Å². The molecule has 3 N–H and O–H groups in total. The molecule has 2 aromatic heterocycles. The number of nitrogens with one attached hydrogen (secondary N) is 2. The predicted molar refractivity (Wildman–Crippen MR) is 133 cm³/mol. The Labute approximate surface area is 195 Å². The highest BCUT2D eigenvalue weighted by Gasteiger charge is 2.13. The Kier molecular flexibility index (Phi) is 13.6. The molecule has 0 aliphatic heterocycles. The van der Waals surface area contributed by atoms with Gasteiger partial charge in [-0.15, -0.1) is 0 Å². The smallest absolute Gasteiger partial charge is 0.140 e. The highest BCUT2D eigenvalue weighted by atomic mass is 16.3. The molecule has 0 aliphatic rings. The molecule has 6 heteroatoms. The van der Waals surface area contributed by atoms with Crippen LogP contribution >= 0.6 is 0 Å². The second-order valence-electron chi connectivity index (χ2n) is 9.47.